The standard InChI is InChI=1S/C16H14N2O2/c1-9-3-5-11(6-4-9)14-12-7-8-17-15(12)18-10(2)13(14)16(19)20/h3-8H,1-2H3,(H,17,18)(H,19,20). The van der Waals surface area contributed by atoms with Crippen LogP contribution < -0.4 is 0 Å². The van der Waals surface area contributed by atoms with Crippen molar-refractivity contribution in [3.63, 3.8) is 0 Å². The fourth-order valence-electron chi connectivity index (χ4n) is 2.48. The lowest BCUT2D eigenvalue weighted by molar-refractivity contribution is 0.0696. The van der Waals surface area contributed by atoms with Crippen LogP contribution in [-0.4, -0.2) is 21.0 Å². The number of nitrogens with one attached hydrogen (secondary N) is 1. The summed E-state index contributed by atoms with van der Waals surface area (Å²) in [6.07, 6.45) is 1.78. The van der Waals surface area contributed by atoms with Gasteiger partial charge in [-0.25, -0.2) is 9.78 Å². The average molecular weight is 266 g/mol. The number of pyridine rings is 1. The van der Waals surface area contributed by atoms with E-state index in [-0.39, 0.29) is 5.56 Å². The maximum Gasteiger partial charge on any atom is 0.338 e. The Balaban J connectivity index is 2.42. The van der Waals surface area contributed by atoms with Gasteiger partial charge in [-0.2, -0.15) is 0 Å². The van der Waals surface area contributed by atoms with Gasteiger partial charge in [0, 0.05) is 17.1 Å². The summed E-state index contributed by atoms with van der Waals surface area (Å²) >= 11 is 0. The maximum absolute atomic E-state index is 11.6. The molecule has 0 saturated carbocycles. The lowest BCUT2D eigenvalue weighted by Crippen LogP contribution is -2.05. The molecule has 4 nitrogen and oxygen atoms in total. The molecule has 0 amide bonds. The van der Waals surface area contributed by atoms with Gasteiger partial charge in [0.15, 0.2) is 0 Å². The number of fused-ring (bicyclic) bond motifs is 1. The van der Waals surface area contributed by atoms with Crippen LogP contribution in [0.2, 0.25) is 0 Å². The number of hydrogen-bond acceptors (Lipinski definition) is 2. The number of aromatic amines is 1. The Morgan fingerprint density at radius 1 is 1.15 bits per heavy atom. The summed E-state index contributed by atoms with van der Waals surface area (Å²) < 4.78 is 0. The minimum Gasteiger partial charge on any atom is -0.478 e. The van der Waals surface area contributed by atoms with E-state index in [9.17, 15) is 9.90 Å². The van der Waals surface area contributed by atoms with Crippen molar-refractivity contribution in [1.29, 1.82) is 0 Å². The first-order valence-corrected chi connectivity index (χ1v) is 6.36. The highest BCUT2D eigenvalue weighted by Gasteiger charge is 2.20. The molecule has 0 aliphatic carbocycles. The van der Waals surface area contributed by atoms with E-state index in [1.807, 2.05) is 37.3 Å². The molecule has 0 aliphatic rings. The second kappa shape index (κ2) is 4.49. The number of carbonyl (C=O) groups is 1. The minimum atomic E-state index is -0.950. The van der Waals surface area contributed by atoms with E-state index in [1.165, 1.54) is 0 Å². The number of rotatable bonds is 2. The first-order chi connectivity index (χ1) is 9.58. The average Bonchev–Trinajstić information content (AvgIpc) is 2.85. The third-order valence-corrected chi connectivity index (χ3v) is 3.44. The summed E-state index contributed by atoms with van der Waals surface area (Å²) in [7, 11) is 0. The lowest BCUT2D eigenvalue weighted by Gasteiger charge is -2.11. The zero-order chi connectivity index (χ0) is 14.3. The number of nitrogens with zero attached hydrogens (tertiary/aromatic N) is 1. The highest BCUT2D eigenvalue weighted by molar-refractivity contribution is 6.06. The number of aryl methyl sites for hydroxylation is 2. The quantitative estimate of drug-likeness (QED) is 0.745. The molecule has 2 aromatic heterocycles. The molecule has 3 rings (SSSR count). The number of carboxylic acids is 1. The van der Waals surface area contributed by atoms with E-state index in [2.05, 4.69) is 9.97 Å². The molecule has 0 bridgehead atoms. The smallest absolute Gasteiger partial charge is 0.338 e. The Morgan fingerprint density at radius 3 is 2.50 bits per heavy atom. The number of aromatic carboxylic acids is 1. The van der Waals surface area contributed by atoms with Gasteiger partial charge in [-0.3, -0.25) is 0 Å². The zero-order valence-corrected chi connectivity index (χ0v) is 11.3. The molecule has 0 unspecified atom stereocenters. The van der Waals surface area contributed by atoms with Crippen molar-refractivity contribution >= 4 is 17.0 Å². The first-order valence-electron chi connectivity index (χ1n) is 6.36. The van der Waals surface area contributed by atoms with Gasteiger partial charge < -0.3 is 10.1 Å². The van der Waals surface area contributed by atoms with Crippen molar-refractivity contribution in [3.8, 4) is 11.1 Å². The topological polar surface area (TPSA) is 66.0 Å². The number of benzene rings is 1. The lowest BCUT2D eigenvalue weighted by atomic mass is 9.95. The fourth-order valence-corrected chi connectivity index (χ4v) is 2.48. The SMILES string of the molecule is Cc1ccc(-c2c(C(=O)O)c(C)nc3[nH]ccc23)cc1. The van der Waals surface area contributed by atoms with Gasteiger partial charge in [0.2, 0.25) is 0 Å². The first kappa shape index (κ1) is 12.4. The number of aromatic nitrogens is 2. The van der Waals surface area contributed by atoms with Gasteiger partial charge in [-0.1, -0.05) is 29.8 Å². The van der Waals surface area contributed by atoms with Crippen LogP contribution in [-0.2, 0) is 0 Å². The minimum absolute atomic E-state index is 0.265. The van der Waals surface area contributed by atoms with Crippen molar-refractivity contribution in [1.82, 2.24) is 9.97 Å². The molecular weight excluding hydrogens is 252 g/mol. The van der Waals surface area contributed by atoms with Crippen LogP contribution in [0.5, 0.6) is 0 Å². The van der Waals surface area contributed by atoms with Crippen molar-refractivity contribution in [2.45, 2.75) is 13.8 Å². The van der Waals surface area contributed by atoms with E-state index >= 15 is 0 Å². The molecule has 2 heterocycles. The van der Waals surface area contributed by atoms with Crippen LogP contribution in [0.15, 0.2) is 36.5 Å². The predicted octanol–water partition coefficient (Wildman–Crippen LogP) is 3.54. The summed E-state index contributed by atoms with van der Waals surface area (Å²) in [4.78, 5) is 19.0. The fraction of sp³-hybridized carbons (Fsp3) is 0.125. The monoisotopic (exact) mass is 266 g/mol. The van der Waals surface area contributed by atoms with E-state index in [0.717, 1.165) is 22.1 Å². The van der Waals surface area contributed by atoms with Gasteiger partial charge in [-0.15, -0.1) is 0 Å². The van der Waals surface area contributed by atoms with Crippen LogP contribution in [0.25, 0.3) is 22.2 Å². The second-order valence-corrected chi connectivity index (χ2v) is 4.86. The molecule has 0 saturated heterocycles. The highest BCUT2D eigenvalue weighted by atomic mass is 16.4. The van der Waals surface area contributed by atoms with Crippen molar-refractivity contribution in [2.75, 3.05) is 0 Å². The molecule has 4 heteroatoms. The largest absolute Gasteiger partial charge is 0.478 e. The van der Waals surface area contributed by atoms with Crippen LogP contribution in [0, 0.1) is 13.8 Å². The molecule has 0 spiro atoms. The third-order valence-electron chi connectivity index (χ3n) is 3.44. The number of carboxylic acid groups (broad SMARTS) is 1. The summed E-state index contributed by atoms with van der Waals surface area (Å²) in [5, 5.41) is 10.3. The summed E-state index contributed by atoms with van der Waals surface area (Å²) in [6, 6.07) is 9.72. The molecular formula is C16H14N2O2. The normalized spacial score (nSPS) is 10.9. The van der Waals surface area contributed by atoms with Crippen LogP contribution in [0.1, 0.15) is 21.6 Å². The van der Waals surface area contributed by atoms with E-state index < -0.39 is 5.97 Å². The van der Waals surface area contributed by atoms with Crippen molar-refractivity contribution in [2.24, 2.45) is 0 Å². The Bertz CT molecular complexity index is 801. The van der Waals surface area contributed by atoms with Crippen molar-refractivity contribution in [3.05, 3.63) is 53.3 Å². The number of H-pyrrole nitrogens is 1. The Morgan fingerprint density at radius 2 is 1.85 bits per heavy atom. The van der Waals surface area contributed by atoms with E-state index in [4.69, 9.17) is 0 Å². The van der Waals surface area contributed by atoms with Gasteiger partial charge in [0.25, 0.3) is 0 Å². The van der Waals surface area contributed by atoms with Gasteiger partial charge in [-0.05, 0) is 25.5 Å². The summed E-state index contributed by atoms with van der Waals surface area (Å²) in [6.45, 7) is 3.73. The molecule has 0 fully saturated rings. The highest BCUT2D eigenvalue weighted by Crippen LogP contribution is 2.32. The molecule has 0 aliphatic heterocycles. The molecule has 20 heavy (non-hydrogen) atoms. The van der Waals surface area contributed by atoms with Gasteiger partial charge >= 0.3 is 5.97 Å². The molecule has 1 aromatic carbocycles. The Kier molecular flexibility index (Phi) is 2.79. The molecule has 3 aromatic rings. The second-order valence-electron chi connectivity index (χ2n) is 4.86. The van der Waals surface area contributed by atoms with Crippen LogP contribution in [0.3, 0.4) is 0 Å². The molecule has 2 N–H and O–H groups in total. The summed E-state index contributed by atoms with van der Waals surface area (Å²) in [5.74, 6) is -0.950. The van der Waals surface area contributed by atoms with Crippen LogP contribution >= 0.6 is 0 Å². The molecule has 100 valence electrons. The van der Waals surface area contributed by atoms with Gasteiger partial charge in [0.05, 0.1) is 11.3 Å². The van der Waals surface area contributed by atoms with Crippen LogP contribution in [0.4, 0.5) is 0 Å². The summed E-state index contributed by atoms with van der Waals surface area (Å²) in [5.41, 5.74) is 4.25. The third kappa shape index (κ3) is 1.86. The van der Waals surface area contributed by atoms with Crippen molar-refractivity contribution < 1.29 is 9.90 Å². The van der Waals surface area contributed by atoms with E-state index in [0.29, 0.717) is 11.3 Å². The maximum atomic E-state index is 11.6. The van der Waals surface area contributed by atoms with E-state index in [1.54, 1.807) is 13.1 Å². The Hall–Kier alpha value is -2.62. The Labute approximate surface area is 116 Å². The molecule has 0 radical (unpaired) electrons. The molecule has 0 atom stereocenters. The predicted molar refractivity (Wildman–Crippen MR) is 78.0 cm³/mol. The zero-order valence-electron chi connectivity index (χ0n) is 11.3. The number of hydrogen-bond donors (Lipinski definition) is 2. The van der Waals surface area contributed by atoms with Gasteiger partial charge in [0.1, 0.15) is 5.65 Å².